The Labute approximate surface area is 99.9 Å². The average molecular weight is 259 g/mol. The molecule has 94 valence electrons. The molecule has 0 atom stereocenters. The van der Waals surface area contributed by atoms with Gasteiger partial charge in [0.25, 0.3) is 10.0 Å². The maximum atomic E-state index is 12.9. The van der Waals surface area contributed by atoms with Crippen molar-refractivity contribution >= 4 is 15.9 Å². The van der Waals surface area contributed by atoms with E-state index in [9.17, 15) is 17.6 Å². The number of carbonyl (C=O) groups excluding carboxylic acids is 1. The summed E-state index contributed by atoms with van der Waals surface area (Å²) in [6, 6.07) is 4.52. The first kappa shape index (κ1) is 13.6. The lowest BCUT2D eigenvalue weighted by Crippen LogP contribution is -2.30. The lowest BCUT2D eigenvalue weighted by molar-refractivity contribution is -0.119. The largest absolute Gasteiger partial charge is 0.274 e. The molecule has 0 fully saturated rings. The smallest absolute Gasteiger partial charge is 0.264 e. The average Bonchev–Trinajstić information content (AvgIpc) is 2.26. The Bertz CT molecular complexity index is 499. The van der Waals surface area contributed by atoms with Crippen molar-refractivity contribution < 1.29 is 17.6 Å². The maximum Gasteiger partial charge on any atom is 0.264 e. The lowest BCUT2D eigenvalue weighted by Gasteiger charge is -2.06. The maximum absolute atomic E-state index is 12.9. The molecule has 0 aliphatic rings. The van der Waals surface area contributed by atoms with Gasteiger partial charge in [-0.3, -0.25) is 4.79 Å². The van der Waals surface area contributed by atoms with Crippen LogP contribution in [-0.2, 0) is 14.8 Å². The molecule has 1 aromatic carbocycles. The fourth-order valence-electron chi connectivity index (χ4n) is 1.23. The third-order valence-corrected chi connectivity index (χ3v) is 3.48. The summed E-state index contributed by atoms with van der Waals surface area (Å²) in [6.07, 6.45) is 1.56. The Morgan fingerprint density at radius 2 is 2.12 bits per heavy atom. The molecule has 1 aromatic rings. The predicted molar refractivity (Wildman–Crippen MR) is 61.3 cm³/mol. The minimum Gasteiger partial charge on any atom is -0.274 e. The van der Waals surface area contributed by atoms with Gasteiger partial charge in [-0.25, -0.2) is 17.5 Å². The quantitative estimate of drug-likeness (QED) is 0.877. The van der Waals surface area contributed by atoms with Crippen LogP contribution >= 0.6 is 0 Å². The van der Waals surface area contributed by atoms with Crippen LogP contribution < -0.4 is 4.72 Å². The Kier molecular flexibility index (Phi) is 4.62. The molecule has 0 spiro atoms. The number of halogens is 1. The summed E-state index contributed by atoms with van der Waals surface area (Å²) in [5.41, 5.74) is 0. The van der Waals surface area contributed by atoms with Crippen molar-refractivity contribution in [3.63, 3.8) is 0 Å². The molecule has 1 N–H and O–H groups in total. The number of amides is 1. The predicted octanol–water partition coefficient (Wildman–Crippen LogP) is 1.82. The number of rotatable bonds is 5. The molecule has 0 unspecified atom stereocenters. The zero-order valence-corrected chi connectivity index (χ0v) is 10.3. The molecule has 17 heavy (non-hydrogen) atoms. The van der Waals surface area contributed by atoms with Crippen molar-refractivity contribution in [3.8, 4) is 0 Å². The third-order valence-electron chi connectivity index (χ3n) is 2.11. The van der Waals surface area contributed by atoms with Crippen molar-refractivity contribution in [2.24, 2.45) is 0 Å². The van der Waals surface area contributed by atoms with Crippen molar-refractivity contribution in [1.82, 2.24) is 4.72 Å². The number of sulfonamides is 1. The molecule has 0 aliphatic heterocycles. The minimum atomic E-state index is -3.95. The van der Waals surface area contributed by atoms with Crippen LogP contribution in [-0.4, -0.2) is 14.3 Å². The highest BCUT2D eigenvalue weighted by atomic mass is 32.2. The first-order valence-corrected chi connectivity index (χ1v) is 6.75. The van der Waals surface area contributed by atoms with Crippen LogP contribution in [0.3, 0.4) is 0 Å². The molecule has 4 nitrogen and oxygen atoms in total. The summed E-state index contributed by atoms with van der Waals surface area (Å²) in [7, 11) is -3.95. The fourth-order valence-corrected chi connectivity index (χ4v) is 2.28. The summed E-state index contributed by atoms with van der Waals surface area (Å²) in [5.74, 6) is -1.23. The van der Waals surface area contributed by atoms with Gasteiger partial charge in [-0.1, -0.05) is 19.4 Å². The fraction of sp³-hybridized carbons (Fsp3) is 0.364. The standard InChI is InChI=1S/C11H14FNO3S/c1-2-3-7-11(14)13-17(15,16)10-6-4-5-9(12)8-10/h4-6,8H,2-3,7H2,1H3,(H,13,14). The zero-order chi connectivity index (χ0) is 12.9. The molecular weight excluding hydrogens is 245 g/mol. The van der Waals surface area contributed by atoms with Crippen molar-refractivity contribution in [3.05, 3.63) is 30.1 Å². The van der Waals surface area contributed by atoms with E-state index in [0.717, 1.165) is 18.6 Å². The summed E-state index contributed by atoms with van der Waals surface area (Å²) in [4.78, 5) is 11.0. The van der Waals surface area contributed by atoms with E-state index in [0.29, 0.717) is 6.42 Å². The number of nitrogens with one attached hydrogen (secondary N) is 1. The number of hydrogen-bond donors (Lipinski definition) is 1. The Balaban J connectivity index is 2.79. The molecule has 0 saturated carbocycles. The van der Waals surface area contributed by atoms with Gasteiger partial charge in [0.05, 0.1) is 4.90 Å². The Hall–Kier alpha value is -1.43. The van der Waals surface area contributed by atoms with E-state index in [1.807, 2.05) is 11.6 Å². The number of benzene rings is 1. The molecule has 1 amide bonds. The molecule has 0 radical (unpaired) electrons. The zero-order valence-electron chi connectivity index (χ0n) is 9.44. The van der Waals surface area contributed by atoms with Gasteiger partial charge in [-0.2, -0.15) is 0 Å². The third kappa shape index (κ3) is 4.14. The van der Waals surface area contributed by atoms with E-state index in [1.54, 1.807) is 0 Å². The molecule has 1 rings (SSSR count). The molecule has 0 saturated heterocycles. The van der Waals surface area contributed by atoms with E-state index in [-0.39, 0.29) is 11.3 Å². The van der Waals surface area contributed by atoms with Crippen molar-refractivity contribution in [2.45, 2.75) is 31.1 Å². The van der Waals surface area contributed by atoms with E-state index in [4.69, 9.17) is 0 Å². The molecular formula is C11H14FNO3S. The van der Waals surface area contributed by atoms with Gasteiger partial charge in [-0.05, 0) is 24.6 Å². The highest BCUT2D eigenvalue weighted by Gasteiger charge is 2.17. The van der Waals surface area contributed by atoms with Crippen LogP contribution in [0.4, 0.5) is 4.39 Å². The van der Waals surface area contributed by atoms with Gasteiger partial charge in [0.15, 0.2) is 0 Å². The summed E-state index contributed by atoms with van der Waals surface area (Å²) in [5, 5.41) is 0. The minimum absolute atomic E-state index is 0.144. The lowest BCUT2D eigenvalue weighted by atomic mass is 10.2. The SMILES string of the molecule is CCCCC(=O)NS(=O)(=O)c1cccc(F)c1. The molecule has 6 heteroatoms. The van der Waals surface area contributed by atoms with Crippen LogP contribution in [0.1, 0.15) is 26.2 Å². The summed E-state index contributed by atoms with van der Waals surface area (Å²) in [6.45, 7) is 1.90. The van der Waals surface area contributed by atoms with Gasteiger partial charge in [-0.15, -0.1) is 0 Å². The molecule has 0 heterocycles. The topological polar surface area (TPSA) is 63.2 Å². The van der Waals surface area contributed by atoms with Gasteiger partial charge in [0.1, 0.15) is 5.82 Å². The highest BCUT2D eigenvalue weighted by Crippen LogP contribution is 2.10. The Morgan fingerprint density at radius 3 is 2.71 bits per heavy atom. The second-order valence-corrected chi connectivity index (χ2v) is 5.27. The number of hydrogen-bond acceptors (Lipinski definition) is 3. The van der Waals surface area contributed by atoms with Crippen LogP contribution in [0.2, 0.25) is 0 Å². The van der Waals surface area contributed by atoms with Crippen molar-refractivity contribution in [1.29, 1.82) is 0 Å². The molecule has 0 bridgehead atoms. The summed E-state index contributed by atoms with van der Waals surface area (Å²) >= 11 is 0. The van der Waals surface area contributed by atoms with E-state index in [2.05, 4.69) is 0 Å². The monoisotopic (exact) mass is 259 g/mol. The van der Waals surface area contributed by atoms with Gasteiger partial charge in [0.2, 0.25) is 5.91 Å². The molecule has 0 aromatic heterocycles. The second-order valence-electron chi connectivity index (χ2n) is 3.59. The van der Waals surface area contributed by atoms with Crippen LogP contribution in [0.5, 0.6) is 0 Å². The van der Waals surface area contributed by atoms with Crippen LogP contribution in [0.25, 0.3) is 0 Å². The van der Waals surface area contributed by atoms with Gasteiger partial charge < -0.3 is 0 Å². The van der Waals surface area contributed by atoms with E-state index >= 15 is 0 Å². The van der Waals surface area contributed by atoms with Gasteiger partial charge >= 0.3 is 0 Å². The first-order chi connectivity index (χ1) is 7.95. The first-order valence-electron chi connectivity index (χ1n) is 5.27. The normalized spacial score (nSPS) is 11.2. The number of unbranched alkanes of at least 4 members (excludes halogenated alkanes) is 1. The number of carbonyl (C=O) groups is 1. The van der Waals surface area contributed by atoms with Crippen LogP contribution in [0.15, 0.2) is 29.2 Å². The van der Waals surface area contributed by atoms with E-state index in [1.165, 1.54) is 12.1 Å². The highest BCUT2D eigenvalue weighted by molar-refractivity contribution is 7.90. The van der Waals surface area contributed by atoms with Crippen molar-refractivity contribution in [2.75, 3.05) is 0 Å². The summed E-state index contributed by atoms with van der Waals surface area (Å²) < 4.78 is 38.1. The van der Waals surface area contributed by atoms with Gasteiger partial charge in [0, 0.05) is 6.42 Å². The van der Waals surface area contributed by atoms with Crippen LogP contribution in [0, 0.1) is 5.82 Å². The Morgan fingerprint density at radius 1 is 1.41 bits per heavy atom. The molecule has 0 aliphatic carbocycles. The van der Waals surface area contributed by atoms with E-state index < -0.39 is 21.7 Å². The second kappa shape index (κ2) is 5.77.